The summed E-state index contributed by atoms with van der Waals surface area (Å²) in [5.74, 6) is 0. The van der Waals surface area contributed by atoms with Gasteiger partial charge in [-0.05, 0) is 13.0 Å². The van der Waals surface area contributed by atoms with Gasteiger partial charge in [0.1, 0.15) is 12.0 Å². The molecule has 1 aliphatic heterocycles. The molecule has 0 bridgehead atoms. The number of hydrogen-bond donors (Lipinski definition) is 2. The van der Waals surface area contributed by atoms with Gasteiger partial charge in [0.25, 0.3) is 0 Å². The van der Waals surface area contributed by atoms with Gasteiger partial charge in [0, 0.05) is 6.54 Å². The molecule has 6 nitrogen and oxygen atoms in total. The van der Waals surface area contributed by atoms with Crippen LogP contribution in [0.4, 0.5) is 5.69 Å². The lowest BCUT2D eigenvalue weighted by atomic mass is 10.4. The highest BCUT2D eigenvalue weighted by atomic mass is 32.2. The van der Waals surface area contributed by atoms with E-state index in [9.17, 15) is 8.42 Å². The van der Waals surface area contributed by atoms with Crippen molar-refractivity contribution in [1.29, 1.82) is 0 Å². The normalized spacial score (nSPS) is 22.4. The van der Waals surface area contributed by atoms with Crippen molar-refractivity contribution in [3.63, 3.8) is 0 Å². The Morgan fingerprint density at radius 1 is 1.64 bits per heavy atom. The standard InChI is InChI=1S/C7H11N3O3S/c11-14(12,7-1-2-8-4-7)10-6-3-9-13-5-6/h3,5,7-8,10H,1-2,4H2. The summed E-state index contributed by atoms with van der Waals surface area (Å²) in [6.07, 6.45) is 3.24. The lowest BCUT2D eigenvalue weighted by Crippen LogP contribution is -2.29. The molecule has 1 aromatic heterocycles. The summed E-state index contributed by atoms with van der Waals surface area (Å²) in [5.41, 5.74) is 0.372. The summed E-state index contributed by atoms with van der Waals surface area (Å²) in [7, 11) is -3.30. The molecule has 0 saturated carbocycles. The maximum absolute atomic E-state index is 11.7. The molecule has 0 amide bonds. The lowest BCUT2D eigenvalue weighted by molar-refractivity contribution is 0.420. The van der Waals surface area contributed by atoms with Crippen molar-refractivity contribution in [1.82, 2.24) is 10.5 Å². The molecule has 0 aromatic carbocycles. The fourth-order valence-electron chi connectivity index (χ4n) is 1.40. The van der Waals surface area contributed by atoms with Crippen molar-refractivity contribution in [3.05, 3.63) is 12.5 Å². The van der Waals surface area contributed by atoms with E-state index >= 15 is 0 Å². The molecular weight excluding hydrogens is 206 g/mol. The van der Waals surface area contributed by atoms with Crippen LogP contribution in [0.1, 0.15) is 6.42 Å². The van der Waals surface area contributed by atoms with Gasteiger partial charge in [-0.25, -0.2) is 8.42 Å². The zero-order valence-electron chi connectivity index (χ0n) is 7.43. The van der Waals surface area contributed by atoms with Gasteiger partial charge in [-0.2, -0.15) is 0 Å². The summed E-state index contributed by atoms with van der Waals surface area (Å²) in [4.78, 5) is 0. The van der Waals surface area contributed by atoms with Gasteiger partial charge < -0.3 is 9.84 Å². The molecule has 14 heavy (non-hydrogen) atoms. The van der Waals surface area contributed by atoms with Crippen molar-refractivity contribution in [2.24, 2.45) is 0 Å². The van der Waals surface area contributed by atoms with Crippen LogP contribution < -0.4 is 10.0 Å². The van der Waals surface area contributed by atoms with Gasteiger partial charge in [-0.1, -0.05) is 5.16 Å². The maximum Gasteiger partial charge on any atom is 0.237 e. The lowest BCUT2D eigenvalue weighted by Gasteiger charge is -2.10. The SMILES string of the molecule is O=S(=O)(Nc1cnoc1)C1CCNC1. The molecule has 2 N–H and O–H groups in total. The molecule has 2 rings (SSSR count). The smallest absolute Gasteiger partial charge is 0.237 e. The third kappa shape index (κ3) is 1.88. The highest BCUT2D eigenvalue weighted by molar-refractivity contribution is 7.93. The van der Waals surface area contributed by atoms with Crippen LogP contribution >= 0.6 is 0 Å². The third-order valence-electron chi connectivity index (χ3n) is 2.15. The van der Waals surface area contributed by atoms with Crippen molar-refractivity contribution < 1.29 is 12.9 Å². The van der Waals surface area contributed by atoms with Gasteiger partial charge in [0.05, 0.1) is 11.4 Å². The van der Waals surface area contributed by atoms with Gasteiger partial charge in [-0.3, -0.25) is 4.72 Å². The monoisotopic (exact) mass is 217 g/mol. The summed E-state index contributed by atoms with van der Waals surface area (Å²) in [5, 5.41) is 6.05. The van der Waals surface area contributed by atoms with E-state index < -0.39 is 10.0 Å². The third-order valence-corrected chi connectivity index (χ3v) is 3.95. The quantitative estimate of drug-likeness (QED) is 0.731. The Morgan fingerprint density at radius 2 is 2.50 bits per heavy atom. The second kappa shape index (κ2) is 3.58. The minimum Gasteiger partial charge on any atom is -0.362 e. The second-order valence-electron chi connectivity index (χ2n) is 3.17. The Hall–Kier alpha value is -1.08. The molecule has 0 radical (unpaired) electrons. The van der Waals surface area contributed by atoms with E-state index in [1.54, 1.807) is 0 Å². The predicted octanol–water partition coefficient (Wildman–Crippen LogP) is -0.222. The largest absolute Gasteiger partial charge is 0.362 e. The zero-order valence-corrected chi connectivity index (χ0v) is 8.25. The first kappa shape index (κ1) is 9.47. The minimum atomic E-state index is -3.30. The van der Waals surface area contributed by atoms with E-state index in [0.717, 1.165) is 6.54 Å². The van der Waals surface area contributed by atoms with E-state index in [-0.39, 0.29) is 5.25 Å². The maximum atomic E-state index is 11.7. The molecule has 1 saturated heterocycles. The highest BCUT2D eigenvalue weighted by Gasteiger charge is 2.28. The van der Waals surface area contributed by atoms with Gasteiger partial charge >= 0.3 is 0 Å². The van der Waals surface area contributed by atoms with Crippen molar-refractivity contribution in [2.75, 3.05) is 17.8 Å². The minimum absolute atomic E-state index is 0.364. The molecule has 1 aliphatic rings. The van der Waals surface area contributed by atoms with E-state index in [1.807, 2.05) is 0 Å². The Kier molecular flexibility index (Phi) is 2.42. The molecule has 0 spiro atoms. The van der Waals surface area contributed by atoms with E-state index in [2.05, 4.69) is 19.7 Å². The molecule has 1 aromatic rings. The number of anilines is 1. The molecule has 78 valence electrons. The average Bonchev–Trinajstić information content (AvgIpc) is 2.71. The van der Waals surface area contributed by atoms with Crippen LogP contribution in [0.25, 0.3) is 0 Å². The van der Waals surface area contributed by atoms with Gasteiger partial charge in [0.15, 0.2) is 0 Å². The van der Waals surface area contributed by atoms with Crippen LogP contribution in [0.15, 0.2) is 17.0 Å². The second-order valence-corrected chi connectivity index (χ2v) is 5.14. The number of nitrogens with zero attached hydrogens (tertiary/aromatic N) is 1. The molecule has 1 atom stereocenters. The van der Waals surface area contributed by atoms with Crippen LogP contribution in [0.3, 0.4) is 0 Å². The Bertz CT molecular complexity index is 380. The van der Waals surface area contributed by atoms with E-state index in [4.69, 9.17) is 0 Å². The van der Waals surface area contributed by atoms with Gasteiger partial charge in [-0.15, -0.1) is 0 Å². The fourth-order valence-corrected chi connectivity index (χ4v) is 2.76. The van der Waals surface area contributed by atoms with E-state index in [0.29, 0.717) is 18.7 Å². The predicted molar refractivity (Wildman–Crippen MR) is 50.3 cm³/mol. The first-order valence-electron chi connectivity index (χ1n) is 4.30. The van der Waals surface area contributed by atoms with Crippen LogP contribution in [0.2, 0.25) is 0 Å². The fraction of sp³-hybridized carbons (Fsp3) is 0.571. The van der Waals surface area contributed by atoms with Crippen LogP contribution in [-0.2, 0) is 10.0 Å². The van der Waals surface area contributed by atoms with Crippen molar-refractivity contribution in [2.45, 2.75) is 11.7 Å². The first-order chi connectivity index (χ1) is 6.68. The molecule has 2 heterocycles. The Balaban J connectivity index is 2.09. The zero-order chi connectivity index (χ0) is 10.0. The van der Waals surface area contributed by atoms with Crippen LogP contribution in [0, 0.1) is 0 Å². The number of sulfonamides is 1. The average molecular weight is 217 g/mol. The summed E-state index contributed by atoms with van der Waals surface area (Å²) < 4.78 is 30.3. The first-order valence-corrected chi connectivity index (χ1v) is 5.85. The highest BCUT2D eigenvalue weighted by Crippen LogP contribution is 2.14. The topological polar surface area (TPSA) is 84.2 Å². The summed E-state index contributed by atoms with van der Waals surface area (Å²) in [6.45, 7) is 1.25. The number of aromatic nitrogens is 1. The molecule has 1 fully saturated rings. The summed E-state index contributed by atoms with van der Waals surface area (Å²) >= 11 is 0. The Labute approximate surface area is 81.7 Å². The molecule has 0 aliphatic carbocycles. The van der Waals surface area contributed by atoms with Crippen molar-refractivity contribution in [3.8, 4) is 0 Å². The molecule has 1 unspecified atom stereocenters. The van der Waals surface area contributed by atoms with Crippen LogP contribution in [0.5, 0.6) is 0 Å². The number of nitrogens with one attached hydrogen (secondary N) is 2. The van der Waals surface area contributed by atoms with Crippen LogP contribution in [-0.4, -0.2) is 31.9 Å². The number of rotatable bonds is 3. The van der Waals surface area contributed by atoms with E-state index in [1.165, 1.54) is 12.5 Å². The molecular formula is C7H11N3O3S. The van der Waals surface area contributed by atoms with Gasteiger partial charge in [0.2, 0.25) is 10.0 Å². The number of hydrogen-bond acceptors (Lipinski definition) is 5. The summed E-state index contributed by atoms with van der Waals surface area (Å²) in [6, 6.07) is 0. The Morgan fingerprint density at radius 3 is 3.07 bits per heavy atom. The van der Waals surface area contributed by atoms with Crippen molar-refractivity contribution >= 4 is 15.7 Å². The molecule has 7 heteroatoms.